The smallest absolute Gasteiger partial charge is 0.483 e. The van der Waals surface area contributed by atoms with Gasteiger partial charge in [0.25, 0.3) is 0 Å². The van der Waals surface area contributed by atoms with Gasteiger partial charge >= 0.3 is 58.2 Å². The monoisotopic (exact) mass is 1320 g/mol. The summed E-state index contributed by atoms with van der Waals surface area (Å²) in [6, 6.07) is 88.4. The molecule has 4 heterocycles. The molecule has 5 heteroatoms. The summed E-state index contributed by atoms with van der Waals surface area (Å²) >= 11 is 0. The van der Waals surface area contributed by atoms with E-state index in [4.69, 9.17) is 17.7 Å². The van der Waals surface area contributed by atoms with E-state index < -0.39 is 10.8 Å². The normalized spacial score (nSPS) is 14.2. The Balaban J connectivity index is 0.000000149. The van der Waals surface area contributed by atoms with E-state index in [1.807, 2.05) is 12.1 Å². The van der Waals surface area contributed by atoms with Gasteiger partial charge in [-0.25, -0.2) is 0 Å². The second-order valence-electron chi connectivity index (χ2n) is 31.0. The van der Waals surface area contributed by atoms with E-state index in [0.29, 0.717) is 0 Å². The minimum Gasteiger partial charge on any atom is -0.483 e. The molecule has 0 spiro atoms. The summed E-state index contributed by atoms with van der Waals surface area (Å²) in [6.45, 7) is 29.6. The standard InChI is InChI=1S/C46H39O2.C45H38O2.Rb/c1-27-26-35-42(43-39(27)32-12-8-11-15-37(32)48-43)41-34(24-25-38-40(41)33-13-9-10-14-36(33)47-38)46(35,30-20-16-28(17-21-30)44(2,3)4)31-22-18-29(19-23-31)45(5,6)7;1-43(2,3)27-15-19-29(20-16-27)45(30-21-17-28(18-22-30)44(4,5)6)34-25-26-38-39(33-12-8-10-14-37(33)46-38)40(34)41-35(45)24-23-32-31-11-7-9-13-36(31)47-42(32)41;/h8-24,26H,1-7H3;7-26H,1-6H3;/q-1;;+1. The van der Waals surface area contributed by atoms with E-state index in [-0.39, 0.29) is 79.8 Å². The number of fused-ring (bicyclic) bond motifs is 22. The zero-order valence-corrected chi connectivity index (χ0v) is 62.5. The van der Waals surface area contributed by atoms with Crippen LogP contribution in [-0.2, 0) is 32.5 Å². The van der Waals surface area contributed by atoms with Crippen molar-refractivity contribution in [3.05, 3.63) is 309 Å². The molecule has 0 unspecified atom stereocenters. The Morgan fingerprint density at radius 3 is 1.15 bits per heavy atom. The predicted molar refractivity (Wildman–Crippen MR) is 395 cm³/mol. The number of para-hydroxylation sites is 4. The quantitative estimate of drug-likeness (QED) is 0.165. The van der Waals surface area contributed by atoms with E-state index in [9.17, 15) is 0 Å². The van der Waals surface area contributed by atoms with Gasteiger partial charge in [-0.05, 0) is 131 Å². The molecule has 0 N–H and O–H groups in total. The van der Waals surface area contributed by atoms with Crippen molar-refractivity contribution in [3.8, 4) is 22.3 Å². The second-order valence-corrected chi connectivity index (χ2v) is 31.0. The van der Waals surface area contributed by atoms with Crippen LogP contribution in [0.25, 0.3) is 110 Å². The molecule has 2 aliphatic rings. The molecule has 12 aromatic carbocycles. The molecule has 0 fully saturated rings. The number of aryl methyl sites for hydroxylation is 1. The SMILES string of the molecule is CC(C)(C)c1ccc(C2(c3ccc(C(C)(C)C)cc3)c3ccc4c(oc5ccccc54)c3-c3c2ccc2oc4ccccc4c32)cc1.Cc1cc2c(c3oc4ccccc4c13)-c1c(c[c-]c3oc4ccccc4c13)C2(c1ccc(C(C)(C)C)cc1)c1ccc(C(C)(C)C)cc1.[Rb+]. The number of hydrogen-bond donors (Lipinski definition) is 0. The van der Waals surface area contributed by atoms with Crippen LogP contribution in [0.2, 0.25) is 0 Å². The zero-order chi connectivity index (χ0) is 65.5. The van der Waals surface area contributed by atoms with Crippen molar-refractivity contribution in [1.82, 2.24) is 0 Å². The van der Waals surface area contributed by atoms with Crippen LogP contribution in [0.5, 0.6) is 0 Å². The molecule has 0 bridgehead atoms. The van der Waals surface area contributed by atoms with Gasteiger partial charge in [0.2, 0.25) is 0 Å². The van der Waals surface area contributed by atoms with E-state index in [2.05, 4.69) is 314 Å². The number of furan rings is 4. The summed E-state index contributed by atoms with van der Waals surface area (Å²) in [7, 11) is 0. The van der Waals surface area contributed by atoms with Gasteiger partial charge in [-0.15, -0.1) is 17.2 Å². The van der Waals surface area contributed by atoms with Gasteiger partial charge in [0, 0.05) is 60.0 Å². The number of hydrogen-bond acceptors (Lipinski definition) is 4. The summed E-state index contributed by atoms with van der Waals surface area (Å²) in [5.41, 5.74) is 27.2. The summed E-state index contributed by atoms with van der Waals surface area (Å²) < 4.78 is 26.8. The van der Waals surface area contributed by atoms with Gasteiger partial charge in [-0.2, -0.15) is 6.07 Å². The molecule has 0 saturated carbocycles. The van der Waals surface area contributed by atoms with Crippen LogP contribution in [-0.4, -0.2) is 0 Å². The molecule has 0 atom stereocenters. The number of benzene rings is 12. The molecule has 4 nitrogen and oxygen atoms in total. The van der Waals surface area contributed by atoms with Crippen molar-refractivity contribution < 1.29 is 75.9 Å². The Bertz CT molecular complexity index is 5680. The average Bonchev–Trinajstić information content (AvgIpc) is 1.51. The molecule has 0 aliphatic heterocycles. The number of rotatable bonds is 4. The van der Waals surface area contributed by atoms with Crippen molar-refractivity contribution in [3.63, 3.8) is 0 Å². The first-order chi connectivity index (χ1) is 45.5. The fourth-order valence-electron chi connectivity index (χ4n) is 16.4. The van der Waals surface area contributed by atoms with Crippen molar-refractivity contribution in [2.75, 3.05) is 0 Å². The second kappa shape index (κ2) is 22.1. The largest absolute Gasteiger partial charge is 1.00 e. The third-order valence-corrected chi connectivity index (χ3v) is 21.3. The third kappa shape index (κ3) is 9.17. The minimum absolute atomic E-state index is 0. The van der Waals surface area contributed by atoms with Crippen LogP contribution >= 0.6 is 0 Å². The fourth-order valence-corrected chi connectivity index (χ4v) is 16.4. The van der Waals surface area contributed by atoms with Crippen LogP contribution in [0.15, 0.2) is 248 Å². The molecule has 16 aromatic rings. The maximum absolute atomic E-state index is 6.92. The Morgan fingerprint density at radius 1 is 0.292 bits per heavy atom. The first-order valence-electron chi connectivity index (χ1n) is 33.7. The molecule has 0 saturated heterocycles. The van der Waals surface area contributed by atoms with Gasteiger partial charge in [-0.3, -0.25) is 0 Å². The zero-order valence-electron chi connectivity index (χ0n) is 57.6. The summed E-state index contributed by atoms with van der Waals surface area (Å²) in [5, 5.41) is 9.05. The molecule has 96 heavy (non-hydrogen) atoms. The van der Waals surface area contributed by atoms with Gasteiger partial charge < -0.3 is 17.7 Å². The Hall–Kier alpha value is -8.35. The molecular weight excluding hydrogens is 1240 g/mol. The van der Waals surface area contributed by atoms with Crippen LogP contribution in [0, 0.1) is 13.0 Å². The van der Waals surface area contributed by atoms with Gasteiger partial charge in [0.15, 0.2) is 0 Å². The van der Waals surface area contributed by atoms with E-state index >= 15 is 0 Å². The first kappa shape index (κ1) is 62.5. The Kier molecular flexibility index (Phi) is 14.4. The Morgan fingerprint density at radius 2 is 0.656 bits per heavy atom. The Labute approximate surface area is 611 Å². The summed E-state index contributed by atoms with van der Waals surface area (Å²) in [5.74, 6) is 0. The third-order valence-electron chi connectivity index (χ3n) is 21.3. The van der Waals surface area contributed by atoms with Crippen LogP contribution in [0.3, 0.4) is 0 Å². The molecule has 4 aromatic heterocycles. The van der Waals surface area contributed by atoms with E-state index in [1.54, 1.807) is 0 Å². The summed E-state index contributed by atoms with van der Waals surface area (Å²) in [6.07, 6.45) is 0. The molecule has 18 rings (SSSR count). The average molecular weight is 1320 g/mol. The van der Waals surface area contributed by atoms with Crippen LogP contribution in [0.1, 0.15) is 155 Å². The van der Waals surface area contributed by atoms with Gasteiger partial charge in [0.1, 0.15) is 39.1 Å². The minimum atomic E-state index is -0.613. The van der Waals surface area contributed by atoms with Crippen molar-refractivity contribution in [2.24, 2.45) is 0 Å². The maximum Gasteiger partial charge on any atom is 1.00 e. The van der Waals surface area contributed by atoms with Crippen LogP contribution in [0.4, 0.5) is 0 Å². The van der Waals surface area contributed by atoms with Crippen molar-refractivity contribution in [1.29, 1.82) is 0 Å². The molecular formula is C91H77O4Rb. The van der Waals surface area contributed by atoms with Gasteiger partial charge in [-0.1, -0.05) is 283 Å². The molecule has 0 amide bonds. The molecule has 466 valence electrons. The topological polar surface area (TPSA) is 52.6 Å². The van der Waals surface area contributed by atoms with E-state index in [0.717, 1.165) is 93.5 Å². The summed E-state index contributed by atoms with van der Waals surface area (Å²) in [4.78, 5) is 0. The fraction of sp³-hybridized carbons (Fsp3) is 0.209. The maximum atomic E-state index is 6.92. The van der Waals surface area contributed by atoms with Crippen LogP contribution < -0.4 is 58.2 Å². The van der Waals surface area contributed by atoms with E-state index in [1.165, 1.54) is 88.8 Å². The molecule has 2 aliphatic carbocycles. The van der Waals surface area contributed by atoms with Gasteiger partial charge in [0.05, 0.1) is 5.41 Å². The predicted octanol–water partition coefficient (Wildman–Crippen LogP) is 22.0. The van der Waals surface area contributed by atoms with Crippen molar-refractivity contribution in [2.45, 2.75) is 122 Å². The molecule has 0 radical (unpaired) electrons. The van der Waals surface area contributed by atoms with Crippen molar-refractivity contribution >= 4 is 87.8 Å². The first-order valence-corrected chi connectivity index (χ1v) is 33.7.